The average Bonchev–Trinajstić information content (AvgIpc) is 2.52. The zero-order valence-corrected chi connectivity index (χ0v) is 13.0. The maximum Gasteiger partial charge on any atom is 0.387 e. The fraction of sp³-hybridized carbons (Fsp3) is 0.267. The van der Waals surface area contributed by atoms with E-state index in [1.165, 1.54) is 6.07 Å². The van der Waals surface area contributed by atoms with Gasteiger partial charge < -0.3 is 15.0 Å². The lowest BCUT2D eigenvalue weighted by molar-refractivity contribution is -0.0504. The Bertz CT molecular complexity index is 777. The molecule has 1 aromatic carbocycles. The maximum atomic E-state index is 12.4. The Morgan fingerprint density at radius 1 is 1.38 bits per heavy atom. The number of aromatic nitrogens is 2. The molecule has 2 N–H and O–H groups in total. The van der Waals surface area contributed by atoms with Gasteiger partial charge in [0.2, 0.25) is 5.95 Å². The zero-order chi connectivity index (χ0) is 17.7. The third-order valence-corrected chi connectivity index (χ3v) is 3.01. The highest BCUT2D eigenvalue weighted by Crippen LogP contribution is 2.20. The molecule has 0 saturated carbocycles. The van der Waals surface area contributed by atoms with E-state index in [1.807, 2.05) is 0 Å². The number of halogens is 2. The van der Waals surface area contributed by atoms with Crippen LogP contribution in [0, 0.1) is 0 Å². The number of nitrogens with zero attached hydrogens (tertiary/aromatic N) is 2. The molecular formula is C15H16F2N4O3. The van der Waals surface area contributed by atoms with Crippen LogP contribution in [0.5, 0.6) is 5.75 Å². The van der Waals surface area contributed by atoms with Gasteiger partial charge in [0.05, 0.1) is 0 Å². The standard InChI is InChI=1S/C15H16F2N4O3/c1-21(2)15-19-10(7-12(22)20-15)13(23)18-8-9-5-3-4-6-11(9)24-14(16)17/h3-7,14H,8H2,1-2H3,(H,18,23)(H,19,20,22). The molecule has 0 bridgehead atoms. The van der Waals surface area contributed by atoms with Crippen molar-refractivity contribution in [3.8, 4) is 5.75 Å². The Morgan fingerprint density at radius 3 is 2.75 bits per heavy atom. The molecule has 9 heteroatoms. The van der Waals surface area contributed by atoms with Crippen LogP contribution >= 0.6 is 0 Å². The fourth-order valence-corrected chi connectivity index (χ4v) is 1.90. The van der Waals surface area contributed by atoms with Crippen LogP contribution in [0.4, 0.5) is 14.7 Å². The average molecular weight is 338 g/mol. The number of aromatic amines is 1. The highest BCUT2D eigenvalue weighted by molar-refractivity contribution is 5.92. The maximum absolute atomic E-state index is 12.4. The van der Waals surface area contributed by atoms with Gasteiger partial charge in [-0.15, -0.1) is 0 Å². The third kappa shape index (κ3) is 4.51. The molecule has 1 amide bonds. The smallest absolute Gasteiger partial charge is 0.387 e. The highest BCUT2D eigenvalue weighted by Gasteiger charge is 2.13. The Hall–Kier alpha value is -2.97. The quantitative estimate of drug-likeness (QED) is 0.831. The molecule has 0 radical (unpaired) electrons. The van der Waals surface area contributed by atoms with E-state index in [1.54, 1.807) is 37.2 Å². The van der Waals surface area contributed by atoms with Crippen LogP contribution in [0.3, 0.4) is 0 Å². The van der Waals surface area contributed by atoms with Gasteiger partial charge in [0.15, 0.2) is 0 Å². The van der Waals surface area contributed by atoms with Crippen LogP contribution in [-0.4, -0.2) is 36.6 Å². The number of benzene rings is 1. The number of H-pyrrole nitrogens is 1. The first-order valence-electron chi connectivity index (χ1n) is 6.96. The van der Waals surface area contributed by atoms with Crippen molar-refractivity contribution >= 4 is 11.9 Å². The minimum Gasteiger partial charge on any atom is -0.434 e. The number of nitrogens with one attached hydrogen (secondary N) is 2. The Kier molecular flexibility index (Phi) is 5.46. The number of carbonyl (C=O) groups excluding carboxylic acids is 1. The van der Waals surface area contributed by atoms with Crippen molar-refractivity contribution in [2.75, 3.05) is 19.0 Å². The number of rotatable bonds is 6. The van der Waals surface area contributed by atoms with Crippen LogP contribution in [0.25, 0.3) is 0 Å². The second kappa shape index (κ2) is 7.53. The van der Waals surface area contributed by atoms with Gasteiger partial charge >= 0.3 is 6.61 Å². The first kappa shape index (κ1) is 17.4. The molecule has 0 aliphatic carbocycles. The summed E-state index contributed by atoms with van der Waals surface area (Å²) >= 11 is 0. The molecule has 1 aromatic heterocycles. The number of hydrogen-bond acceptors (Lipinski definition) is 5. The predicted molar refractivity (Wildman–Crippen MR) is 83.4 cm³/mol. The number of para-hydroxylation sites is 1. The SMILES string of the molecule is CN(C)c1nc(C(=O)NCc2ccccc2OC(F)F)cc(=O)[nH]1. The van der Waals surface area contributed by atoms with Crippen molar-refractivity contribution in [2.24, 2.45) is 0 Å². The van der Waals surface area contributed by atoms with E-state index >= 15 is 0 Å². The number of ether oxygens (including phenoxy) is 1. The van der Waals surface area contributed by atoms with Crippen LogP contribution in [0.15, 0.2) is 35.1 Å². The molecule has 0 fully saturated rings. The van der Waals surface area contributed by atoms with E-state index in [0.717, 1.165) is 6.07 Å². The molecule has 24 heavy (non-hydrogen) atoms. The molecule has 0 aliphatic heterocycles. The number of amides is 1. The molecule has 0 unspecified atom stereocenters. The molecule has 2 aromatic rings. The van der Waals surface area contributed by atoms with Gasteiger partial charge in [-0.2, -0.15) is 8.78 Å². The molecule has 1 heterocycles. The van der Waals surface area contributed by atoms with Gasteiger partial charge in [-0.25, -0.2) is 4.98 Å². The number of anilines is 1. The lowest BCUT2D eigenvalue weighted by Gasteiger charge is -2.13. The van der Waals surface area contributed by atoms with E-state index in [9.17, 15) is 18.4 Å². The third-order valence-electron chi connectivity index (χ3n) is 3.01. The minimum absolute atomic E-state index is 0.0272. The summed E-state index contributed by atoms with van der Waals surface area (Å²) in [7, 11) is 3.33. The van der Waals surface area contributed by atoms with E-state index < -0.39 is 18.1 Å². The van der Waals surface area contributed by atoms with Crippen molar-refractivity contribution in [1.82, 2.24) is 15.3 Å². The van der Waals surface area contributed by atoms with Gasteiger partial charge in [0, 0.05) is 32.3 Å². The van der Waals surface area contributed by atoms with Crippen molar-refractivity contribution in [2.45, 2.75) is 13.2 Å². The van der Waals surface area contributed by atoms with Gasteiger partial charge in [-0.3, -0.25) is 14.6 Å². The fourth-order valence-electron chi connectivity index (χ4n) is 1.90. The summed E-state index contributed by atoms with van der Waals surface area (Å²) < 4.78 is 29.1. The van der Waals surface area contributed by atoms with Crippen LogP contribution in [-0.2, 0) is 6.54 Å². The largest absolute Gasteiger partial charge is 0.434 e. The van der Waals surface area contributed by atoms with Crippen molar-refractivity contribution in [3.63, 3.8) is 0 Å². The number of alkyl halides is 2. The van der Waals surface area contributed by atoms with Crippen molar-refractivity contribution < 1.29 is 18.3 Å². The summed E-state index contributed by atoms with van der Waals surface area (Å²) in [6.45, 7) is -3.01. The monoisotopic (exact) mass is 338 g/mol. The first-order valence-corrected chi connectivity index (χ1v) is 6.96. The lowest BCUT2D eigenvalue weighted by atomic mass is 10.2. The highest BCUT2D eigenvalue weighted by atomic mass is 19.3. The molecular weight excluding hydrogens is 322 g/mol. The van der Waals surface area contributed by atoms with E-state index in [0.29, 0.717) is 5.56 Å². The van der Waals surface area contributed by atoms with E-state index in [-0.39, 0.29) is 23.9 Å². The normalized spacial score (nSPS) is 10.5. The van der Waals surface area contributed by atoms with Crippen LogP contribution in [0.2, 0.25) is 0 Å². The molecule has 7 nitrogen and oxygen atoms in total. The molecule has 0 atom stereocenters. The van der Waals surface area contributed by atoms with Crippen LogP contribution in [0.1, 0.15) is 16.1 Å². The molecule has 0 aliphatic rings. The summed E-state index contributed by atoms with van der Waals surface area (Å²) in [5.74, 6) is -0.397. The predicted octanol–water partition coefficient (Wildman–Crippen LogP) is 1.37. The molecule has 128 valence electrons. The second-order valence-corrected chi connectivity index (χ2v) is 5.02. The summed E-state index contributed by atoms with van der Waals surface area (Å²) in [5, 5.41) is 2.52. The second-order valence-electron chi connectivity index (χ2n) is 5.02. The van der Waals surface area contributed by atoms with E-state index in [4.69, 9.17) is 0 Å². The summed E-state index contributed by atoms with van der Waals surface area (Å²) in [6, 6.07) is 7.17. The summed E-state index contributed by atoms with van der Waals surface area (Å²) in [5.41, 5.74) is -0.168. The van der Waals surface area contributed by atoms with Crippen LogP contribution < -0.4 is 20.5 Å². The van der Waals surface area contributed by atoms with Crippen molar-refractivity contribution in [3.05, 3.63) is 51.9 Å². The minimum atomic E-state index is -2.96. The molecule has 0 saturated heterocycles. The van der Waals surface area contributed by atoms with Crippen molar-refractivity contribution in [1.29, 1.82) is 0 Å². The lowest BCUT2D eigenvalue weighted by Crippen LogP contribution is -2.28. The topological polar surface area (TPSA) is 87.3 Å². The van der Waals surface area contributed by atoms with Gasteiger partial charge in [-0.1, -0.05) is 18.2 Å². The zero-order valence-electron chi connectivity index (χ0n) is 13.0. The number of hydrogen-bond donors (Lipinski definition) is 2. The summed E-state index contributed by atoms with van der Waals surface area (Å²) in [6.07, 6.45) is 0. The Balaban J connectivity index is 2.13. The van der Waals surface area contributed by atoms with Gasteiger partial charge in [0.1, 0.15) is 11.4 Å². The number of carbonyl (C=O) groups is 1. The van der Waals surface area contributed by atoms with Gasteiger partial charge in [-0.05, 0) is 6.07 Å². The first-order chi connectivity index (χ1) is 11.4. The summed E-state index contributed by atoms with van der Waals surface area (Å²) in [4.78, 5) is 31.8. The Labute approximate surface area is 136 Å². The molecule has 0 spiro atoms. The molecule has 2 rings (SSSR count). The Morgan fingerprint density at radius 2 is 2.08 bits per heavy atom. The van der Waals surface area contributed by atoms with E-state index in [2.05, 4.69) is 20.0 Å². The van der Waals surface area contributed by atoms with Gasteiger partial charge in [0.25, 0.3) is 11.5 Å².